The van der Waals surface area contributed by atoms with Crippen LogP contribution in [0.4, 0.5) is 0 Å². The highest BCUT2D eigenvalue weighted by Gasteiger charge is 2.45. The first kappa shape index (κ1) is 8.86. The van der Waals surface area contributed by atoms with Gasteiger partial charge in [0, 0.05) is 16.5 Å². The van der Waals surface area contributed by atoms with Crippen LogP contribution in [0, 0.1) is 0 Å². The number of aliphatic hydroxyl groups excluding tert-OH is 1. The second kappa shape index (κ2) is 3.04. The summed E-state index contributed by atoms with van der Waals surface area (Å²) in [6, 6.07) is 12.2. The Kier molecular flexibility index (Phi) is 1.80. The molecule has 1 aromatic carbocycles. The van der Waals surface area contributed by atoms with Gasteiger partial charge in [-0.25, -0.2) is 0 Å². The zero-order valence-electron chi connectivity index (χ0n) is 8.48. The first-order valence-corrected chi connectivity index (χ1v) is 5.31. The molecular formula is C13H13NO. The molecule has 0 amide bonds. The molecule has 0 spiro atoms. The molecule has 3 rings (SSSR count). The molecule has 76 valence electrons. The quantitative estimate of drug-likeness (QED) is 0.804. The van der Waals surface area contributed by atoms with Gasteiger partial charge < -0.3 is 5.11 Å². The fraction of sp³-hybridized carbons (Fsp3) is 0.308. The van der Waals surface area contributed by atoms with Crippen molar-refractivity contribution in [3.05, 3.63) is 42.1 Å². The van der Waals surface area contributed by atoms with Crippen LogP contribution in [-0.2, 0) is 5.41 Å². The number of hydrogen-bond acceptors (Lipinski definition) is 2. The highest BCUT2D eigenvalue weighted by Crippen LogP contribution is 2.46. The molecule has 0 bridgehead atoms. The van der Waals surface area contributed by atoms with Crippen LogP contribution in [0.25, 0.3) is 10.9 Å². The number of nitrogens with zero attached hydrogens (tertiary/aromatic N) is 1. The van der Waals surface area contributed by atoms with Crippen LogP contribution < -0.4 is 0 Å². The number of benzene rings is 1. The van der Waals surface area contributed by atoms with E-state index in [1.165, 1.54) is 0 Å². The normalized spacial score (nSPS) is 17.9. The largest absolute Gasteiger partial charge is 0.395 e. The smallest absolute Gasteiger partial charge is 0.0705 e. The van der Waals surface area contributed by atoms with Gasteiger partial charge in [-0.2, -0.15) is 0 Å². The minimum Gasteiger partial charge on any atom is -0.395 e. The standard InChI is InChI=1S/C13H13NO/c15-9-13(7-8-13)12-6-5-10-3-1-2-4-11(10)14-12/h1-6,15H,7-9H2. The van der Waals surface area contributed by atoms with Crippen molar-refractivity contribution >= 4 is 10.9 Å². The number of pyridine rings is 1. The lowest BCUT2D eigenvalue weighted by Gasteiger charge is -2.11. The van der Waals surface area contributed by atoms with Gasteiger partial charge in [0.15, 0.2) is 0 Å². The molecule has 0 atom stereocenters. The maximum atomic E-state index is 9.34. The molecule has 0 aliphatic heterocycles. The van der Waals surface area contributed by atoms with Crippen LogP contribution in [0.5, 0.6) is 0 Å². The molecule has 1 saturated carbocycles. The highest BCUT2D eigenvalue weighted by atomic mass is 16.3. The molecule has 15 heavy (non-hydrogen) atoms. The molecule has 1 aliphatic carbocycles. The number of rotatable bonds is 2. The summed E-state index contributed by atoms with van der Waals surface area (Å²) in [6.45, 7) is 0.221. The lowest BCUT2D eigenvalue weighted by Crippen LogP contribution is -2.13. The van der Waals surface area contributed by atoms with Gasteiger partial charge in [-0.1, -0.05) is 24.3 Å². The van der Waals surface area contributed by atoms with Gasteiger partial charge in [0.25, 0.3) is 0 Å². The molecule has 1 heterocycles. The zero-order valence-corrected chi connectivity index (χ0v) is 8.48. The van der Waals surface area contributed by atoms with E-state index in [0.29, 0.717) is 0 Å². The molecule has 0 saturated heterocycles. The maximum Gasteiger partial charge on any atom is 0.0705 e. The van der Waals surface area contributed by atoms with E-state index in [2.05, 4.69) is 17.1 Å². The number of fused-ring (bicyclic) bond motifs is 1. The molecule has 1 N–H and O–H groups in total. The van der Waals surface area contributed by atoms with E-state index in [0.717, 1.165) is 29.4 Å². The SMILES string of the molecule is OCC1(c2ccc3ccccc3n2)CC1. The Morgan fingerprint density at radius 1 is 1.13 bits per heavy atom. The average Bonchev–Trinajstić information content (AvgIpc) is 3.09. The van der Waals surface area contributed by atoms with E-state index < -0.39 is 0 Å². The Balaban J connectivity index is 2.14. The zero-order chi connectivity index (χ0) is 10.3. The van der Waals surface area contributed by atoms with E-state index in [-0.39, 0.29) is 12.0 Å². The summed E-state index contributed by atoms with van der Waals surface area (Å²) < 4.78 is 0. The molecule has 0 unspecified atom stereocenters. The molecule has 2 heteroatoms. The van der Waals surface area contributed by atoms with Crippen LogP contribution in [0.15, 0.2) is 36.4 Å². The number of hydrogen-bond donors (Lipinski definition) is 1. The van der Waals surface area contributed by atoms with Gasteiger partial charge in [0.2, 0.25) is 0 Å². The van der Waals surface area contributed by atoms with Gasteiger partial charge in [-0.05, 0) is 25.0 Å². The van der Waals surface area contributed by atoms with E-state index in [1.54, 1.807) is 0 Å². The van der Waals surface area contributed by atoms with Crippen LogP contribution in [0.3, 0.4) is 0 Å². The summed E-state index contributed by atoms with van der Waals surface area (Å²) in [7, 11) is 0. The monoisotopic (exact) mass is 199 g/mol. The van der Waals surface area contributed by atoms with Crippen molar-refractivity contribution in [2.75, 3.05) is 6.61 Å². The Hall–Kier alpha value is -1.41. The minimum absolute atomic E-state index is 0.0238. The van der Waals surface area contributed by atoms with Gasteiger partial charge in [0.05, 0.1) is 12.1 Å². The molecule has 2 nitrogen and oxygen atoms in total. The maximum absolute atomic E-state index is 9.34. The van der Waals surface area contributed by atoms with Crippen molar-refractivity contribution in [2.45, 2.75) is 18.3 Å². The van der Waals surface area contributed by atoms with Crippen molar-refractivity contribution in [1.82, 2.24) is 4.98 Å². The van der Waals surface area contributed by atoms with E-state index in [4.69, 9.17) is 0 Å². The van der Waals surface area contributed by atoms with E-state index >= 15 is 0 Å². The topological polar surface area (TPSA) is 33.1 Å². The average molecular weight is 199 g/mol. The van der Waals surface area contributed by atoms with Gasteiger partial charge in [-0.3, -0.25) is 4.98 Å². The van der Waals surface area contributed by atoms with Crippen molar-refractivity contribution in [3.63, 3.8) is 0 Å². The van der Waals surface area contributed by atoms with E-state index in [1.807, 2.05) is 24.3 Å². The first-order chi connectivity index (χ1) is 7.34. The van der Waals surface area contributed by atoms with Crippen molar-refractivity contribution < 1.29 is 5.11 Å². The molecule has 1 fully saturated rings. The Morgan fingerprint density at radius 3 is 2.67 bits per heavy atom. The minimum atomic E-state index is -0.0238. The van der Waals surface area contributed by atoms with Crippen molar-refractivity contribution in [2.24, 2.45) is 0 Å². The summed E-state index contributed by atoms with van der Waals surface area (Å²) in [5.41, 5.74) is 2.04. The fourth-order valence-electron chi connectivity index (χ4n) is 2.01. The molecule has 0 radical (unpaired) electrons. The third-order valence-corrected chi connectivity index (χ3v) is 3.30. The molecule has 1 aliphatic rings. The number of aromatic nitrogens is 1. The van der Waals surface area contributed by atoms with Gasteiger partial charge in [0.1, 0.15) is 0 Å². The third kappa shape index (κ3) is 1.33. The Morgan fingerprint density at radius 2 is 1.93 bits per heavy atom. The van der Waals surface area contributed by atoms with Crippen molar-refractivity contribution in [3.8, 4) is 0 Å². The number of aliphatic hydroxyl groups is 1. The predicted molar refractivity (Wildman–Crippen MR) is 59.7 cm³/mol. The summed E-state index contributed by atoms with van der Waals surface area (Å²) in [5, 5.41) is 10.5. The van der Waals surface area contributed by atoms with Crippen LogP contribution >= 0.6 is 0 Å². The van der Waals surface area contributed by atoms with Gasteiger partial charge in [-0.15, -0.1) is 0 Å². The molecular weight excluding hydrogens is 186 g/mol. The fourth-order valence-corrected chi connectivity index (χ4v) is 2.01. The second-order valence-corrected chi connectivity index (χ2v) is 4.33. The van der Waals surface area contributed by atoms with E-state index in [9.17, 15) is 5.11 Å². The lowest BCUT2D eigenvalue weighted by molar-refractivity contribution is 0.253. The predicted octanol–water partition coefficient (Wildman–Crippen LogP) is 2.26. The highest BCUT2D eigenvalue weighted by molar-refractivity contribution is 5.78. The Labute approximate surface area is 88.6 Å². The van der Waals surface area contributed by atoms with Gasteiger partial charge >= 0.3 is 0 Å². The lowest BCUT2D eigenvalue weighted by atomic mass is 10.0. The first-order valence-electron chi connectivity index (χ1n) is 5.31. The summed E-state index contributed by atoms with van der Waals surface area (Å²) in [5.74, 6) is 0. The van der Waals surface area contributed by atoms with Crippen molar-refractivity contribution in [1.29, 1.82) is 0 Å². The molecule has 2 aromatic rings. The second-order valence-electron chi connectivity index (χ2n) is 4.33. The summed E-state index contributed by atoms with van der Waals surface area (Å²) in [6.07, 6.45) is 2.13. The number of para-hydroxylation sites is 1. The Bertz CT molecular complexity index is 503. The molecule has 1 aromatic heterocycles. The summed E-state index contributed by atoms with van der Waals surface area (Å²) >= 11 is 0. The van der Waals surface area contributed by atoms with Crippen LogP contribution in [-0.4, -0.2) is 16.7 Å². The summed E-state index contributed by atoms with van der Waals surface area (Å²) in [4.78, 5) is 4.62. The van der Waals surface area contributed by atoms with Crippen LogP contribution in [0.2, 0.25) is 0 Å². The third-order valence-electron chi connectivity index (χ3n) is 3.30. The van der Waals surface area contributed by atoms with Crippen LogP contribution in [0.1, 0.15) is 18.5 Å².